The summed E-state index contributed by atoms with van der Waals surface area (Å²) >= 11 is 0. The Kier molecular flexibility index (Phi) is 6.40. The number of fused-ring (bicyclic) bond motifs is 2. The predicted octanol–water partition coefficient (Wildman–Crippen LogP) is 1.47. The zero-order chi connectivity index (χ0) is 18.7. The van der Waals surface area contributed by atoms with Gasteiger partial charge in [-0.2, -0.15) is 0 Å². The second-order valence-electron chi connectivity index (χ2n) is 8.30. The molecule has 0 radical (unpaired) electrons. The molecule has 3 rings (SSSR count). The Hall–Kier alpha value is -1.34. The first-order valence-corrected chi connectivity index (χ1v) is 9.95. The Morgan fingerprint density at radius 3 is 2.27 bits per heavy atom. The Morgan fingerprint density at radius 1 is 1.12 bits per heavy atom. The van der Waals surface area contributed by atoms with E-state index in [4.69, 9.17) is 9.47 Å². The fraction of sp³-hybridized carbons (Fsp3) is 0.895. The SMILES string of the molecule is COC(=O)N1C2COCC1CC(N1CCC(C(=O)NCC(C)C)CC1)C2. The highest BCUT2D eigenvalue weighted by Crippen LogP contribution is 2.33. The maximum absolute atomic E-state index is 12.3. The number of nitrogens with one attached hydrogen (secondary N) is 1. The van der Waals surface area contributed by atoms with Gasteiger partial charge in [-0.05, 0) is 44.7 Å². The lowest BCUT2D eigenvalue weighted by atomic mass is 9.87. The van der Waals surface area contributed by atoms with E-state index < -0.39 is 0 Å². The van der Waals surface area contributed by atoms with Gasteiger partial charge in [-0.25, -0.2) is 4.79 Å². The molecule has 3 aliphatic heterocycles. The Bertz CT molecular complexity index is 491. The van der Waals surface area contributed by atoms with Crippen molar-refractivity contribution in [3.8, 4) is 0 Å². The number of nitrogens with zero attached hydrogens (tertiary/aromatic N) is 2. The van der Waals surface area contributed by atoms with Gasteiger partial charge in [0, 0.05) is 18.5 Å². The first-order chi connectivity index (χ1) is 12.5. The molecule has 1 N–H and O–H groups in total. The molecule has 7 nitrogen and oxygen atoms in total. The van der Waals surface area contributed by atoms with Crippen LogP contribution in [0.3, 0.4) is 0 Å². The van der Waals surface area contributed by atoms with Crippen LogP contribution in [0.1, 0.15) is 39.5 Å². The van der Waals surface area contributed by atoms with Gasteiger partial charge in [0.25, 0.3) is 0 Å². The summed E-state index contributed by atoms with van der Waals surface area (Å²) in [6.45, 7) is 8.10. The lowest BCUT2D eigenvalue weighted by Crippen LogP contribution is -2.63. The van der Waals surface area contributed by atoms with E-state index >= 15 is 0 Å². The Balaban J connectivity index is 1.51. The van der Waals surface area contributed by atoms with Gasteiger partial charge in [-0.15, -0.1) is 0 Å². The van der Waals surface area contributed by atoms with E-state index in [-0.39, 0.29) is 30.0 Å². The highest BCUT2D eigenvalue weighted by atomic mass is 16.5. The summed E-state index contributed by atoms with van der Waals surface area (Å²) in [6.07, 6.45) is 3.47. The second-order valence-corrected chi connectivity index (χ2v) is 8.30. The molecule has 3 heterocycles. The maximum Gasteiger partial charge on any atom is 0.410 e. The van der Waals surface area contributed by atoms with Crippen molar-refractivity contribution in [2.75, 3.05) is 40.0 Å². The molecule has 26 heavy (non-hydrogen) atoms. The molecule has 2 unspecified atom stereocenters. The van der Waals surface area contributed by atoms with E-state index in [1.807, 2.05) is 4.90 Å². The minimum absolute atomic E-state index is 0.104. The van der Waals surface area contributed by atoms with Crippen LogP contribution in [0.2, 0.25) is 0 Å². The topological polar surface area (TPSA) is 71.1 Å². The zero-order valence-corrected chi connectivity index (χ0v) is 16.3. The Labute approximate surface area is 156 Å². The fourth-order valence-electron chi connectivity index (χ4n) is 4.56. The molecule has 2 atom stereocenters. The molecule has 0 aromatic heterocycles. The van der Waals surface area contributed by atoms with Crippen molar-refractivity contribution in [3.05, 3.63) is 0 Å². The number of hydrogen-bond donors (Lipinski definition) is 1. The number of amides is 2. The van der Waals surface area contributed by atoms with Crippen molar-refractivity contribution in [2.24, 2.45) is 11.8 Å². The third-order valence-corrected chi connectivity index (χ3v) is 5.98. The molecular formula is C19H33N3O4. The maximum atomic E-state index is 12.3. The third-order valence-electron chi connectivity index (χ3n) is 5.98. The van der Waals surface area contributed by atoms with E-state index in [1.54, 1.807) is 0 Å². The number of likely N-dealkylation sites (tertiary alicyclic amines) is 1. The average Bonchev–Trinajstić information content (AvgIpc) is 2.64. The zero-order valence-electron chi connectivity index (χ0n) is 16.3. The van der Waals surface area contributed by atoms with E-state index in [9.17, 15) is 9.59 Å². The van der Waals surface area contributed by atoms with Crippen LogP contribution in [0.4, 0.5) is 4.79 Å². The number of hydrogen-bond acceptors (Lipinski definition) is 5. The lowest BCUT2D eigenvalue weighted by Gasteiger charge is -2.50. The van der Waals surface area contributed by atoms with Crippen LogP contribution in [0.25, 0.3) is 0 Å². The molecule has 0 saturated carbocycles. The number of morpholine rings is 1. The predicted molar refractivity (Wildman–Crippen MR) is 97.8 cm³/mol. The molecule has 3 aliphatic rings. The van der Waals surface area contributed by atoms with Gasteiger partial charge in [0.15, 0.2) is 0 Å². The summed E-state index contributed by atoms with van der Waals surface area (Å²) in [4.78, 5) is 28.8. The quantitative estimate of drug-likeness (QED) is 0.815. The van der Waals surface area contributed by atoms with Crippen molar-refractivity contribution in [2.45, 2.75) is 57.7 Å². The molecule has 2 amide bonds. The van der Waals surface area contributed by atoms with Crippen molar-refractivity contribution in [1.82, 2.24) is 15.1 Å². The summed E-state index contributed by atoms with van der Waals surface area (Å²) in [6, 6.07) is 0.675. The first-order valence-electron chi connectivity index (χ1n) is 9.95. The third kappa shape index (κ3) is 4.31. The molecule has 148 valence electrons. The highest BCUT2D eigenvalue weighted by molar-refractivity contribution is 5.78. The van der Waals surface area contributed by atoms with Crippen LogP contribution in [-0.4, -0.2) is 79.9 Å². The molecule has 0 spiro atoms. The number of piperidine rings is 2. The summed E-state index contributed by atoms with van der Waals surface area (Å²) in [7, 11) is 1.44. The van der Waals surface area contributed by atoms with Crippen molar-refractivity contribution in [3.63, 3.8) is 0 Å². The molecule has 0 aliphatic carbocycles. The molecule has 3 fully saturated rings. The number of rotatable bonds is 4. The van der Waals surface area contributed by atoms with Crippen LogP contribution in [0, 0.1) is 11.8 Å². The van der Waals surface area contributed by atoms with Crippen LogP contribution < -0.4 is 5.32 Å². The number of carbonyl (C=O) groups is 2. The van der Waals surface area contributed by atoms with Gasteiger partial charge in [0.05, 0.1) is 32.4 Å². The van der Waals surface area contributed by atoms with E-state index in [2.05, 4.69) is 24.1 Å². The second kappa shape index (κ2) is 8.57. The van der Waals surface area contributed by atoms with Crippen molar-refractivity contribution >= 4 is 12.0 Å². The summed E-state index contributed by atoms with van der Waals surface area (Å²) in [5.74, 6) is 0.841. The van der Waals surface area contributed by atoms with Gasteiger partial charge >= 0.3 is 6.09 Å². The molecule has 3 saturated heterocycles. The fourth-order valence-corrected chi connectivity index (χ4v) is 4.56. The minimum Gasteiger partial charge on any atom is -0.453 e. The number of methoxy groups -OCH3 is 1. The standard InChI is InChI=1S/C19H33N3O4/c1-13(2)10-20-18(23)14-4-6-21(7-5-14)15-8-16-11-26-12-17(9-15)22(16)19(24)25-3/h13-17H,4-12H2,1-3H3,(H,20,23). The molecule has 0 aromatic rings. The lowest BCUT2D eigenvalue weighted by molar-refractivity contribution is -0.127. The molecule has 7 heteroatoms. The first kappa shape index (κ1) is 19.4. The highest BCUT2D eigenvalue weighted by Gasteiger charge is 2.44. The van der Waals surface area contributed by atoms with Gasteiger partial charge in [-0.3, -0.25) is 9.69 Å². The van der Waals surface area contributed by atoms with Crippen LogP contribution in [0.5, 0.6) is 0 Å². The Morgan fingerprint density at radius 2 is 1.73 bits per heavy atom. The normalized spacial score (nSPS) is 30.3. The van der Waals surface area contributed by atoms with Gasteiger partial charge in [0.2, 0.25) is 5.91 Å². The summed E-state index contributed by atoms with van der Waals surface area (Å²) < 4.78 is 10.6. The van der Waals surface area contributed by atoms with Gasteiger partial charge in [0.1, 0.15) is 0 Å². The number of ether oxygens (including phenoxy) is 2. The van der Waals surface area contributed by atoms with Crippen molar-refractivity contribution in [1.29, 1.82) is 0 Å². The van der Waals surface area contributed by atoms with E-state index in [0.717, 1.165) is 45.3 Å². The molecular weight excluding hydrogens is 334 g/mol. The molecule has 2 bridgehead atoms. The van der Waals surface area contributed by atoms with E-state index in [0.29, 0.717) is 25.2 Å². The smallest absolute Gasteiger partial charge is 0.410 e. The minimum atomic E-state index is -0.234. The van der Waals surface area contributed by atoms with E-state index in [1.165, 1.54) is 7.11 Å². The van der Waals surface area contributed by atoms with Crippen LogP contribution >= 0.6 is 0 Å². The summed E-state index contributed by atoms with van der Waals surface area (Å²) in [5.41, 5.74) is 0. The van der Waals surface area contributed by atoms with Crippen LogP contribution in [-0.2, 0) is 14.3 Å². The van der Waals surface area contributed by atoms with Gasteiger partial charge in [-0.1, -0.05) is 13.8 Å². The number of carbonyl (C=O) groups excluding carboxylic acids is 2. The largest absolute Gasteiger partial charge is 0.453 e. The summed E-state index contributed by atoms with van der Waals surface area (Å²) in [5, 5.41) is 3.07. The van der Waals surface area contributed by atoms with Crippen molar-refractivity contribution < 1.29 is 19.1 Å². The molecule has 0 aromatic carbocycles. The average molecular weight is 367 g/mol. The van der Waals surface area contributed by atoms with Crippen LogP contribution in [0.15, 0.2) is 0 Å². The monoisotopic (exact) mass is 367 g/mol. The van der Waals surface area contributed by atoms with Gasteiger partial charge < -0.3 is 19.7 Å².